The van der Waals surface area contributed by atoms with Crippen molar-refractivity contribution in [1.82, 2.24) is 25.1 Å². The van der Waals surface area contributed by atoms with Gasteiger partial charge < -0.3 is 14.6 Å². The summed E-state index contributed by atoms with van der Waals surface area (Å²) < 4.78 is 7.08. The fraction of sp³-hybridized carbons (Fsp3) is 0.258. The number of benzene rings is 3. The minimum atomic E-state index is -0.201. The minimum absolute atomic E-state index is 0.124. The summed E-state index contributed by atoms with van der Waals surface area (Å²) in [5, 5.41) is 18.3. The van der Waals surface area contributed by atoms with Crippen LogP contribution in [0.25, 0.3) is 0 Å². The Balaban J connectivity index is 1.27. The van der Waals surface area contributed by atoms with Crippen molar-refractivity contribution in [3.05, 3.63) is 106 Å². The van der Waals surface area contributed by atoms with Crippen molar-refractivity contribution in [1.29, 1.82) is 0 Å². The summed E-state index contributed by atoms with van der Waals surface area (Å²) in [6, 6.07) is 23.1. The lowest BCUT2D eigenvalue weighted by Gasteiger charge is -2.22. The van der Waals surface area contributed by atoms with Gasteiger partial charge in [0.1, 0.15) is 5.75 Å². The number of aryl methyl sites for hydroxylation is 2. The molecule has 3 aromatic carbocycles. The van der Waals surface area contributed by atoms with Crippen LogP contribution in [0.4, 0.5) is 0 Å². The van der Waals surface area contributed by atoms with Crippen molar-refractivity contribution in [2.45, 2.75) is 38.0 Å². The second-order valence-corrected chi connectivity index (χ2v) is 10.9. The molecule has 0 spiro atoms. The van der Waals surface area contributed by atoms with E-state index in [9.17, 15) is 9.59 Å². The van der Waals surface area contributed by atoms with Crippen LogP contribution < -0.4 is 10.1 Å². The van der Waals surface area contributed by atoms with Crippen molar-refractivity contribution in [2.75, 3.05) is 12.9 Å². The Morgan fingerprint density at radius 2 is 1.76 bits per heavy atom. The van der Waals surface area contributed by atoms with Crippen LogP contribution in [0, 0.1) is 13.8 Å². The Hall–Kier alpha value is -4.44. The summed E-state index contributed by atoms with van der Waals surface area (Å²) in [7, 11) is 3.46. The van der Waals surface area contributed by atoms with Crippen LogP contribution in [0.5, 0.6) is 5.75 Å². The Kier molecular flexibility index (Phi) is 8.49. The molecule has 2 heterocycles. The number of amides is 2. The molecule has 1 aliphatic heterocycles. The van der Waals surface area contributed by atoms with Crippen LogP contribution in [-0.2, 0) is 18.4 Å². The lowest BCUT2D eigenvalue weighted by molar-refractivity contribution is -0.130. The van der Waals surface area contributed by atoms with Crippen molar-refractivity contribution >= 4 is 29.3 Å². The molecule has 1 atom stereocenters. The normalized spacial score (nSPS) is 14.6. The van der Waals surface area contributed by atoms with Crippen molar-refractivity contribution in [3.63, 3.8) is 0 Å². The summed E-state index contributed by atoms with van der Waals surface area (Å²) in [6.07, 6.45) is 0.612. The molecule has 1 N–H and O–H groups in total. The predicted molar refractivity (Wildman–Crippen MR) is 159 cm³/mol. The summed E-state index contributed by atoms with van der Waals surface area (Å²) in [6.45, 7) is 4.21. The monoisotopic (exact) mass is 568 g/mol. The highest BCUT2D eigenvalue weighted by atomic mass is 32.2. The van der Waals surface area contributed by atoms with E-state index in [1.807, 2.05) is 63.4 Å². The summed E-state index contributed by atoms with van der Waals surface area (Å²) in [4.78, 5) is 26.1. The molecule has 1 aliphatic rings. The average Bonchev–Trinajstić information content (AvgIpc) is 3.59. The second kappa shape index (κ2) is 12.4. The Bertz CT molecular complexity index is 1580. The molecule has 9 nitrogen and oxygen atoms in total. The SMILES string of the molecule is COc1ccc(C2=NN(C(=O)CSc3nnc(CNC(=O)c4cccc(C)c4)n3C)C(c3ccc(C)cc3)C2)cc1. The maximum absolute atomic E-state index is 13.5. The first-order valence-corrected chi connectivity index (χ1v) is 14.3. The third-order valence-corrected chi connectivity index (χ3v) is 7.99. The van der Waals surface area contributed by atoms with Crippen LogP contribution in [-0.4, -0.2) is 50.2 Å². The highest BCUT2D eigenvalue weighted by Gasteiger charge is 2.33. The van der Waals surface area contributed by atoms with Crippen LogP contribution in [0.15, 0.2) is 83.1 Å². The number of methoxy groups -OCH3 is 1. The Morgan fingerprint density at radius 1 is 1.00 bits per heavy atom. The molecule has 2 amide bonds. The van der Waals surface area contributed by atoms with Gasteiger partial charge in [-0.15, -0.1) is 10.2 Å². The molecule has 0 bridgehead atoms. The zero-order chi connectivity index (χ0) is 28.9. The number of hydrogen-bond acceptors (Lipinski definition) is 7. The number of carbonyl (C=O) groups is 2. The van der Waals surface area contributed by atoms with Crippen molar-refractivity contribution in [2.24, 2.45) is 12.1 Å². The Labute approximate surface area is 243 Å². The highest BCUT2D eigenvalue weighted by molar-refractivity contribution is 7.99. The zero-order valence-electron chi connectivity index (χ0n) is 23.5. The molecule has 0 saturated heterocycles. The second-order valence-electron chi connectivity index (χ2n) is 9.94. The third-order valence-electron chi connectivity index (χ3n) is 6.99. The van der Waals surface area contributed by atoms with Gasteiger partial charge in [0.25, 0.3) is 11.8 Å². The van der Waals surface area contributed by atoms with E-state index < -0.39 is 0 Å². The van der Waals surface area contributed by atoms with E-state index in [0.717, 1.165) is 33.7 Å². The minimum Gasteiger partial charge on any atom is -0.497 e. The van der Waals surface area contributed by atoms with E-state index in [2.05, 4.69) is 39.8 Å². The summed E-state index contributed by atoms with van der Waals surface area (Å²) in [5.41, 5.74) is 5.60. The zero-order valence-corrected chi connectivity index (χ0v) is 24.3. The van der Waals surface area contributed by atoms with Gasteiger partial charge in [-0.1, -0.05) is 59.3 Å². The van der Waals surface area contributed by atoms with E-state index >= 15 is 0 Å². The molecule has 1 aromatic heterocycles. The van der Waals surface area contributed by atoms with Crippen LogP contribution in [0.2, 0.25) is 0 Å². The van der Waals surface area contributed by atoms with Gasteiger partial charge >= 0.3 is 0 Å². The molecule has 10 heteroatoms. The highest BCUT2D eigenvalue weighted by Crippen LogP contribution is 2.34. The number of nitrogens with one attached hydrogen (secondary N) is 1. The first kappa shape index (κ1) is 28.1. The van der Waals surface area contributed by atoms with E-state index in [1.54, 1.807) is 22.8 Å². The summed E-state index contributed by atoms with van der Waals surface area (Å²) in [5.74, 6) is 1.21. The first-order chi connectivity index (χ1) is 19.8. The van der Waals surface area contributed by atoms with E-state index in [1.165, 1.54) is 11.8 Å². The largest absolute Gasteiger partial charge is 0.497 e. The molecule has 0 saturated carbocycles. The van der Waals surface area contributed by atoms with Crippen LogP contribution >= 0.6 is 11.8 Å². The van der Waals surface area contributed by atoms with Gasteiger partial charge in [-0.25, -0.2) is 5.01 Å². The maximum Gasteiger partial charge on any atom is 0.253 e. The number of aromatic nitrogens is 3. The quantitative estimate of drug-likeness (QED) is 0.290. The molecule has 5 rings (SSSR count). The van der Waals surface area contributed by atoms with Crippen molar-refractivity contribution < 1.29 is 14.3 Å². The molecular weight excluding hydrogens is 536 g/mol. The molecular formula is C31H32N6O3S. The number of carbonyl (C=O) groups excluding carboxylic acids is 2. The average molecular weight is 569 g/mol. The molecule has 41 heavy (non-hydrogen) atoms. The van der Waals surface area contributed by atoms with Gasteiger partial charge in [0.2, 0.25) is 0 Å². The van der Waals surface area contributed by atoms with Crippen LogP contribution in [0.3, 0.4) is 0 Å². The molecule has 1 unspecified atom stereocenters. The van der Waals surface area contributed by atoms with Gasteiger partial charge in [0.15, 0.2) is 11.0 Å². The van der Waals surface area contributed by atoms with Crippen molar-refractivity contribution in [3.8, 4) is 5.75 Å². The van der Waals surface area contributed by atoms with Gasteiger partial charge in [-0.05, 0) is 61.4 Å². The predicted octanol–water partition coefficient (Wildman–Crippen LogP) is 4.84. The number of nitrogens with zero attached hydrogens (tertiary/aromatic N) is 5. The first-order valence-electron chi connectivity index (χ1n) is 13.3. The Morgan fingerprint density at radius 3 is 2.46 bits per heavy atom. The van der Waals surface area contributed by atoms with Gasteiger partial charge in [-0.2, -0.15) is 5.10 Å². The number of rotatable bonds is 9. The standard InChI is InChI=1S/C31H32N6O3S/c1-20-8-10-23(11-9-20)27-17-26(22-12-14-25(40-4)15-13-22)35-37(27)29(38)19-41-31-34-33-28(36(31)3)18-32-30(39)24-7-5-6-21(2)16-24/h5-16,27H,17-19H2,1-4H3,(H,32,39). The molecule has 0 fully saturated rings. The van der Waals surface area contributed by atoms with Crippen LogP contribution in [0.1, 0.15) is 50.9 Å². The molecule has 4 aromatic rings. The van der Waals surface area contributed by atoms with E-state index in [4.69, 9.17) is 9.84 Å². The van der Waals surface area contributed by atoms with Gasteiger partial charge in [-0.3, -0.25) is 9.59 Å². The number of ether oxygens (including phenoxy) is 1. The lowest BCUT2D eigenvalue weighted by Crippen LogP contribution is -2.28. The number of hydrazone groups is 1. The fourth-order valence-electron chi connectivity index (χ4n) is 4.61. The molecule has 210 valence electrons. The molecule has 0 radical (unpaired) electrons. The topological polar surface area (TPSA) is 102 Å². The van der Waals surface area contributed by atoms with E-state index in [-0.39, 0.29) is 30.2 Å². The maximum atomic E-state index is 13.5. The number of thioether (sulfide) groups is 1. The third kappa shape index (κ3) is 6.49. The van der Waals surface area contributed by atoms with Gasteiger partial charge in [0.05, 0.1) is 31.2 Å². The summed E-state index contributed by atoms with van der Waals surface area (Å²) >= 11 is 1.30. The lowest BCUT2D eigenvalue weighted by atomic mass is 9.97. The fourth-order valence-corrected chi connectivity index (χ4v) is 5.39. The van der Waals surface area contributed by atoms with Gasteiger partial charge in [0, 0.05) is 19.0 Å². The number of hydrogen-bond donors (Lipinski definition) is 1. The smallest absolute Gasteiger partial charge is 0.253 e. The molecule has 0 aliphatic carbocycles. The van der Waals surface area contributed by atoms with E-state index in [0.29, 0.717) is 23.0 Å².